The monoisotopic (exact) mass is 241 g/mol. The van der Waals surface area contributed by atoms with Crippen molar-refractivity contribution in [2.75, 3.05) is 6.54 Å². The first-order valence-corrected chi connectivity index (χ1v) is 6.30. The molecule has 1 heterocycles. The zero-order valence-electron chi connectivity index (χ0n) is 9.80. The molecule has 0 aromatic carbocycles. The molecular weight excluding hydrogens is 222 g/mol. The zero-order valence-corrected chi connectivity index (χ0v) is 11.4. The van der Waals surface area contributed by atoms with Crippen LogP contribution in [0.3, 0.4) is 0 Å². The van der Waals surface area contributed by atoms with Gasteiger partial charge in [-0.15, -0.1) is 0 Å². The lowest BCUT2D eigenvalue weighted by Crippen LogP contribution is -2.38. The van der Waals surface area contributed by atoms with E-state index in [0.717, 1.165) is 42.2 Å². The maximum atomic E-state index is 5.34. The minimum absolute atomic E-state index is 0.967. The van der Waals surface area contributed by atoms with Crippen molar-refractivity contribution in [2.45, 2.75) is 46.5 Å². The van der Waals surface area contributed by atoms with Crippen LogP contribution in [0.4, 0.5) is 0 Å². The van der Waals surface area contributed by atoms with Crippen LogP contribution in [0, 0.1) is 0 Å². The molecule has 1 nitrogen and oxygen atoms in total. The number of thiocarbonyl (C=S) groups is 2. The van der Waals surface area contributed by atoms with Gasteiger partial charge in [-0.25, -0.2) is 0 Å². The van der Waals surface area contributed by atoms with Gasteiger partial charge in [-0.2, -0.15) is 0 Å². The second kappa shape index (κ2) is 5.71. The Labute approximate surface area is 104 Å². The quantitative estimate of drug-likeness (QED) is 0.545. The molecule has 1 saturated heterocycles. The number of piperidine rings is 1. The summed E-state index contributed by atoms with van der Waals surface area (Å²) in [7, 11) is 0. The van der Waals surface area contributed by atoms with Gasteiger partial charge in [-0.3, -0.25) is 0 Å². The number of rotatable bonds is 3. The topological polar surface area (TPSA) is 3.24 Å². The molecule has 0 amide bonds. The Balaban J connectivity index is 2.53. The number of allylic oxidation sites excluding steroid dienone is 1. The van der Waals surface area contributed by atoms with Gasteiger partial charge >= 0.3 is 0 Å². The van der Waals surface area contributed by atoms with Crippen molar-refractivity contribution >= 4 is 34.4 Å². The summed E-state index contributed by atoms with van der Waals surface area (Å²) in [5.74, 6) is 0. The van der Waals surface area contributed by atoms with Gasteiger partial charge in [0.2, 0.25) is 0 Å². The van der Waals surface area contributed by atoms with Crippen LogP contribution < -0.4 is 0 Å². The summed E-state index contributed by atoms with van der Waals surface area (Å²) in [5.41, 5.74) is 2.86. The predicted octanol–water partition coefficient (Wildman–Crippen LogP) is 3.87. The van der Waals surface area contributed by atoms with Crippen LogP contribution in [-0.2, 0) is 0 Å². The maximum absolute atomic E-state index is 5.34. The smallest absolute Gasteiger partial charge is 0.0827 e. The van der Waals surface area contributed by atoms with Gasteiger partial charge in [0, 0.05) is 6.54 Å². The standard InChI is InChI=1S/C12H19NS2/c1-9(2)10(3)7-8-13-11(14)5-4-6-12(13)15/h4-8H2,1-3H3. The van der Waals surface area contributed by atoms with Crippen molar-refractivity contribution in [3.05, 3.63) is 11.1 Å². The molecule has 3 heteroatoms. The lowest BCUT2D eigenvalue weighted by atomic mass is 10.1. The maximum Gasteiger partial charge on any atom is 0.0827 e. The molecule has 0 aromatic rings. The lowest BCUT2D eigenvalue weighted by Gasteiger charge is -2.30. The van der Waals surface area contributed by atoms with Gasteiger partial charge in [0.05, 0.1) is 9.98 Å². The van der Waals surface area contributed by atoms with Crippen LogP contribution in [0.2, 0.25) is 0 Å². The van der Waals surface area contributed by atoms with E-state index in [-0.39, 0.29) is 0 Å². The van der Waals surface area contributed by atoms with Gasteiger partial charge in [-0.1, -0.05) is 35.6 Å². The molecule has 1 rings (SSSR count). The minimum Gasteiger partial charge on any atom is -0.330 e. The molecule has 84 valence electrons. The number of nitrogens with zero attached hydrogens (tertiary/aromatic N) is 1. The average Bonchev–Trinajstić information content (AvgIpc) is 2.16. The van der Waals surface area contributed by atoms with E-state index < -0.39 is 0 Å². The fourth-order valence-corrected chi connectivity index (χ4v) is 2.33. The summed E-state index contributed by atoms with van der Waals surface area (Å²) in [6.45, 7) is 7.46. The number of likely N-dealkylation sites (tertiary alicyclic amines) is 1. The molecule has 15 heavy (non-hydrogen) atoms. The first-order chi connectivity index (χ1) is 7.02. The number of hydrogen-bond donors (Lipinski definition) is 0. The Hall–Kier alpha value is -0.280. The van der Waals surface area contributed by atoms with Crippen molar-refractivity contribution in [1.82, 2.24) is 4.90 Å². The molecule has 0 radical (unpaired) electrons. The minimum atomic E-state index is 0.967. The highest BCUT2D eigenvalue weighted by Crippen LogP contribution is 2.17. The van der Waals surface area contributed by atoms with E-state index in [1.54, 1.807) is 0 Å². The zero-order chi connectivity index (χ0) is 11.4. The highest BCUT2D eigenvalue weighted by molar-refractivity contribution is 7.81. The third-order valence-corrected chi connectivity index (χ3v) is 3.80. The van der Waals surface area contributed by atoms with Crippen LogP contribution in [0.15, 0.2) is 11.1 Å². The molecule has 0 bridgehead atoms. The Morgan fingerprint density at radius 1 is 1.13 bits per heavy atom. The lowest BCUT2D eigenvalue weighted by molar-refractivity contribution is 0.566. The molecule has 0 aliphatic carbocycles. The average molecular weight is 241 g/mol. The van der Waals surface area contributed by atoms with Gasteiger partial charge in [0.1, 0.15) is 0 Å². The Morgan fingerprint density at radius 3 is 2.13 bits per heavy atom. The second-order valence-electron chi connectivity index (χ2n) is 4.32. The summed E-state index contributed by atoms with van der Waals surface area (Å²) in [4.78, 5) is 4.22. The van der Waals surface area contributed by atoms with Crippen LogP contribution in [0.1, 0.15) is 46.5 Å². The summed E-state index contributed by atoms with van der Waals surface area (Å²) in [6.07, 6.45) is 4.27. The van der Waals surface area contributed by atoms with Crippen LogP contribution >= 0.6 is 24.4 Å². The predicted molar refractivity (Wildman–Crippen MR) is 74.4 cm³/mol. The molecule has 0 atom stereocenters. The van der Waals surface area contributed by atoms with Crippen molar-refractivity contribution in [3.8, 4) is 0 Å². The molecule has 0 unspecified atom stereocenters. The molecule has 0 aromatic heterocycles. The second-order valence-corrected chi connectivity index (χ2v) is 5.27. The fraction of sp³-hybridized carbons (Fsp3) is 0.667. The Morgan fingerprint density at radius 2 is 1.67 bits per heavy atom. The Bertz CT molecular complexity index is 285. The first-order valence-electron chi connectivity index (χ1n) is 5.48. The Kier molecular flexibility index (Phi) is 4.87. The van der Waals surface area contributed by atoms with E-state index in [0.29, 0.717) is 0 Å². The normalized spacial score (nSPS) is 16.9. The van der Waals surface area contributed by atoms with Gasteiger partial charge in [0.15, 0.2) is 0 Å². The van der Waals surface area contributed by atoms with E-state index >= 15 is 0 Å². The molecule has 0 N–H and O–H groups in total. The van der Waals surface area contributed by atoms with Crippen molar-refractivity contribution in [2.24, 2.45) is 0 Å². The summed E-state index contributed by atoms with van der Waals surface area (Å²) in [6, 6.07) is 0. The van der Waals surface area contributed by atoms with Gasteiger partial charge in [0.25, 0.3) is 0 Å². The number of hydrogen-bond acceptors (Lipinski definition) is 2. The SMILES string of the molecule is CC(C)=C(C)CCN1C(=S)CCCC1=S. The highest BCUT2D eigenvalue weighted by Gasteiger charge is 2.19. The summed E-state index contributed by atoms with van der Waals surface area (Å²) in [5, 5.41) is 0. The molecule has 0 saturated carbocycles. The van der Waals surface area contributed by atoms with E-state index in [1.165, 1.54) is 11.1 Å². The third-order valence-electron chi connectivity index (χ3n) is 2.95. The van der Waals surface area contributed by atoms with E-state index in [2.05, 4.69) is 25.7 Å². The van der Waals surface area contributed by atoms with E-state index in [9.17, 15) is 0 Å². The first kappa shape index (κ1) is 12.8. The largest absolute Gasteiger partial charge is 0.330 e. The van der Waals surface area contributed by atoms with Crippen molar-refractivity contribution < 1.29 is 0 Å². The van der Waals surface area contributed by atoms with Gasteiger partial charge in [-0.05, 0) is 46.5 Å². The van der Waals surface area contributed by atoms with Gasteiger partial charge < -0.3 is 4.90 Å². The van der Waals surface area contributed by atoms with Crippen LogP contribution in [-0.4, -0.2) is 21.4 Å². The molecule has 1 fully saturated rings. The fourth-order valence-electron chi connectivity index (χ4n) is 1.58. The van der Waals surface area contributed by atoms with Crippen molar-refractivity contribution in [1.29, 1.82) is 0 Å². The van der Waals surface area contributed by atoms with E-state index in [4.69, 9.17) is 24.4 Å². The van der Waals surface area contributed by atoms with E-state index in [1.807, 2.05) is 0 Å². The molecule has 1 aliphatic rings. The molecule has 1 aliphatic heterocycles. The van der Waals surface area contributed by atoms with Crippen molar-refractivity contribution in [3.63, 3.8) is 0 Å². The van der Waals surface area contributed by atoms with Crippen LogP contribution in [0.25, 0.3) is 0 Å². The summed E-state index contributed by atoms with van der Waals surface area (Å²) >= 11 is 10.7. The third kappa shape index (κ3) is 3.65. The van der Waals surface area contributed by atoms with Crippen LogP contribution in [0.5, 0.6) is 0 Å². The highest BCUT2D eigenvalue weighted by atomic mass is 32.1. The molecular formula is C12H19NS2. The molecule has 0 spiro atoms. The summed E-state index contributed by atoms with van der Waals surface area (Å²) < 4.78 is 0.